The van der Waals surface area contributed by atoms with Crippen molar-refractivity contribution in [1.29, 1.82) is 0 Å². The predicted molar refractivity (Wildman–Crippen MR) is 74.4 cm³/mol. The lowest BCUT2D eigenvalue weighted by atomic mass is 10.0. The van der Waals surface area contributed by atoms with Crippen molar-refractivity contribution >= 4 is 33.1 Å². The number of thioether (sulfide) groups is 1. The molecule has 0 fully saturated rings. The molecule has 1 aromatic rings. The van der Waals surface area contributed by atoms with Gasteiger partial charge in [-0.3, -0.25) is 4.55 Å². The van der Waals surface area contributed by atoms with Gasteiger partial charge in [0.25, 0.3) is 10.1 Å². The smallest absolute Gasteiger partial charge is 0.283 e. The maximum absolute atomic E-state index is 11.2. The zero-order valence-electron chi connectivity index (χ0n) is 9.61. The number of rotatable bonds is 2. The molecule has 6 heteroatoms. The summed E-state index contributed by atoms with van der Waals surface area (Å²) in [4.78, 5) is 1.78. The van der Waals surface area contributed by atoms with E-state index in [1.807, 2.05) is 24.3 Å². The summed E-state index contributed by atoms with van der Waals surface area (Å²) >= 11 is 1.78. The molecule has 96 valence electrons. The van der Waals surface area contributed by atoms with Crippen LogP contribution in [-0.2, 0) is 10.1 Å². The molecular formula is C12H13NO3S2. The highest BCUT2D eigenvalue weighted by molar-refractivity contribution is 7.99. The zero-order valence-corrected chi connectivity index (χ0v) is 11.2. The lowest BCUT2D eigenvalue weighted by Crippen LogP contribution is -2.38. The fraction of sp³-hybridized carbons (Fsp3) is 0.333. The fourth-order valence-electron chi connectivity index (χ4n) is 2.57. The van der Waals surface area contributed by atoms with Crippen LogP contribution in [-0.4, -0.2) is 36.4 Å². The molecule has 1 unspecified atom stereocenters. The van der Waals surface area contributed by atoms with E-state index >= 15 is 0 Å². The second-order valence-corrected chi connectivity index (χ2v) is 6.91. The lowest BCUT2D eigenvalue weighted by molar-refractivity contribution is 0.481. The number of fused-ring (bicyclic) bond motifs is 3. The summed E-state index contributed by atoms with van der Waals surface area (Å²) in [5, 5.41) is 0. The van der Waals surface area contributed by atoms with E-state index in [0.29, 0.717) is 0 Å². The van der Waals surface area contributed by atoms with Crippen LogP contribution >= 0.6 is 11.8 Å². The molecule has 0 saturated heterocycles. The number of para-hydroxylation sites is 1. The van der Waals surface area contributed by atoms with E-state index in [4.69, 9.17) is 4.55 Å². The largest absolute Gasteiger partial charge is 0.347 e. The average Bonchev–Trinajstić information content (AvgIpc) is 2.64. The van der Waals surface area contributed by atoms with Gasteiger partial charge in [-0.1, -0.05) is 24.3 Å². The van der Waals surface area contributed by atoms with Crippen molar-refractivity contribution in [2.75, 3.05) is 22.3 Å². The van der Waals surface area contributed by atoms with Gasteiger partial charge < -0.3 is 4.90 Å². The Morgan fingerprint density at radius 2 is 2.17 bits per heavy atom. The Morgan fingerprint density at radius 3 is 2.94 bits per heavy atom. The second-order valence-electron chi connectivity index (χ2n) is 4.41. The average molecular weight is 283 g/mol. The molecule has 0 saturated carbocycles. The van der Waals surface area contributed by atoms with Gasteiger partial charge in [-0.15, -0.1) is 0 Å². The Morgan fingerprint density at radius 1 is 1.39 bits per heavy atom. The van der Waals surface area contributed by atoms with Gasteiger partial charge in [-0.2, -0.15) is 20.2 Å². The summed E-state index contributed by atoms with van der Waals surface area (Å²) in [5.41, 5.74) is 3.17. The molecule has 18 heavy (non-hydrogen) atoms. The molecule has 0 amide bonds. The van der Waals surface area contributed by atoms with Crippen molar-refractivity contribution in [2.45, 2.75) is 6.04 Å². The van der Waals surface area contributed by atoms with Crippen LogP contribution in [0.5, 0.6) is 0 Å². The Labute approximate surface area is 110 Å². The molecule has 1 N–H and O–H groups in total. The first-order valence-corrected chi connectivity index (χ1v) is 8.42. The molecule has 0 aliphatic carbocycles. The molecule has 0 aromatic heterocycles. The summed E-state index contributed by atoms with van der Waals surface area (Å²) in [7, 11) is -4.01. The Balaban J connectivity index is 2.09. The van der Waals surface area contributed by atoms with Gasteiger partial charge >= 0.3 is 0 Å². The van der Waals surface area contributed by atoms with E-state index in [0.717, 1.165) is 22.8 Å². The van der Waals surface area contributed by atoms with Gasteiger partial charge in [-0.25, -0.2) is 0 Å². The van der Waals surface area contributed by atoms with Gasteiger partial charge in [0.2, 0.25) is 0 Å². The van der Waals surface area contributed by atoms with Gasteiger partial charge in [0, 0.05) is 22.8 Å². The summed E-state index contributed by atoms with van der Waals surface area (Å²) < 4.78 is 31.4. The van der Waals surface area contributed by atoms with Crippen molar-refractivity contribution in [3.63, 3.8) is 0 Å². The molecule has 1 atom stereocenters. The highest BCUT2D eigenvalue weighted by Crippen LogP contribution is 2.43. The first-order valence-electron chi connectivity index (χ1n) is 5.65. The van der Waals surface area contributed by atoms with E-state index in [-0.39, 0.29) is 11.9 Å². The Bertz CT molecular complexity index is 610. The SMILES string of the molecule is O=S(=O)(O)CN1c2ccccc2C2=CCSCC21. The van der Waals surface area contributed by atoms with E-state index in [1.165, 1.54) is 5.57 Å². The molecule has 3 rings (SSSR count). The van der Waals surface area contributed by atoms with Crippen LogP contribution in [0.3, 0.4) is 0 Å². The maximum Gasteiger partial charge on any atom is 0.283 e. The minimum Gasteiger partial charge on any atom is -0.347 e. The number of hydrogen-bond acceptors (Lipinski definition) is 4. The minimum absolute atomic E-state index is 0.0584. The van der Waals surface area contributed by atoms with Gasteiger partial charge in [0.05, 0.1) is 6.04 Å². The van der Waals surface area contributed by atoms with Crippen molar-refractivity contribution in [3.8, 4) is 0 Å². The summed E-state index contributed by atoms with van der Waals surface area (Å²) in [6.07, 6.45) is 2.15. The first kappa shape index (κ1) is 12.1. The van der Waals surface area contributed by atoms with Crippen LogP contribution in [0.4, 0.5) is 5.69 Å². The van der Waals surface area contributed by atoms with Crippen molar-refractivity contribution < 1.29 is 13.0 Å². The van der Waals surface area contributed by atoms with Gasteiger partial charge in [-0.05, 0) is 11.6 Å². The molecule has 2 heterocycles. The summed E-state index contributed by atoms with van der Waals surface area (Å²) in [6.45, 7) is 0. The number of benzene rings is 1. The monoisotopic (exact) mass is 283 g/mol. The third kappa shape index (κ3) is 2.04. The topological polar surface area (TPSA) is 57.6 Å². The minimum atomic E-state index is -4.01. The van der Waals surface area contributed by atoms with Crippen LogP contribution < -0.4 is 4.90 Å². The van der Waals surface area contributed by atoms with Crippen molar-refractivity contribution in [3.05, 3.63) is 35.9 Å². The second kappa shape index (κ2) is 4.29. The van der Waals surface area contributed by atoms with Crippen LogP contribution in [0.15, 0.2) is 30.3 Å². The molecule has 0 radical (unpaired) electrons. The van der Waals surface area contributed by atoms with Crippen LogP contribution in [0, 0.1) is 0 Å². The Hall–Kier alpha value is -0.980. The molecule has 2 aliphatic heterocycles. The van der Waals surface area contributed by atoms with Crippen LogP contribution in [0.2, 0.25) is 0 Å². The molecule has 1 aromatic carbocycles. The normalized spacial score (nSPS) is 22.4. The van der Waals surface area contributed by atoms with Crippen LogP contribution in [0.25, 0.3) is 5.57 Å². The third-order valence-electron chi connectivity index (χ3n) is 3.26. The van der Waals surface area contributed by atoms with Crippen molar-refractivity contribution in [1.82, 2.24) is 0 Å². The molecule has 0 bridgehead atoms. The van der Waals surface area contributed by atoms with E-state index in [9.17, 15) is 8.42 Å². The third-order valence-corrected chi connectivity index (χ3v) is 4.82. The zero-order chi connectivity index (χ0) is 12.8. The number of hydrogen-bond donors (Lipinski definition) is 1. The van der Waals surface area contributed by atoms with Crippen molar-refractivity contribution in [2.24, 2.45) is 0 Å². The number of nitrogens with zero attached hydrogens (tertiary/aromatic N) is 1. The Kier molecular flexibility index (Phi) is 2.88. The standard InChI is InChI=1S/C12H13NO3S2/c14-18(15,16)8-13-11-4-2-1-3-9(11)10-5-6-17-7-12(10)13/h1-5,12H,6-8H2,(H,14,15,16). The number of anilines is 1. The lowest BCUT2D eigenvalue weighted by Gasteiger charge is -2.28. The summed E-state index contributed by atoms with van der Waals surface area (Å²) in [6, 6.07) is 7.82. The summed E-state index contributed by atoms with van der Waals surface area (Å²) in [5.74, 6) is 1.47. The molecule has 2 aliphatic rings. The van der Waals surface area contributed by atoms with Gasteiger partial charge in [0.15, 0.2) is 0 Å². The quantitative estimate of drug-likeness (QED) is 0.839. The highest BCUT2D eigenvalue weighted by atomic mass is 32.2. The van der Waals surface area contributed by atoms with Gasteiger partial charge in [0.1, 0.15) is 5.88 Å². The first-order chi connectivity index (χ1) is 8.56. The van der Waals surface area contributed by atoms with E-state index < -0.39 is 10.1 Å². The molecule has 4 nitrogen and oxygen atoms in total. The van der Waals surface area contributed by atoms with Crippen LogP contribution in [0.1, 0.15) is 5.56 Å². The molecular weight excluding hydrogens is 270 g/mol. The highest BCUT2D eigenvalue weighted by Gasteiger charge is 2.36. The predicted octanol–water partition coefficient (Wildman–Crippen LogP) is 1.85. The maximum atomic E-state index is 11.2. The fourth-order valence-corrected chi connectivity index (χ4v) is 4.26. The van der Waals surface area contributed by atoms with E-state index in [2.05, 4.69) is 6.08 Å². The molecule has 0 spiro atoms. The van der Waals surface area contributed by atoms with E-state index in [1.54, 1.807) is 16.7 Å².